The molecule has 5 aromatic rings. The zero-order valence-corrected chi connectivity index (χ0v) is 25.5. The normalized spacial score (nSPS) is 16.0. The number of carbonyl (C=O) groups excluding carboxylic acids is 3. The van der Waals surface area contributed by atoms with Crippen LogP contribution in [-0.4, -0.2) is 84.3 Å². The highest BCUT2D eigenvalue weighted by atomic mass is 16.5. The molecule has 11 heteroatoms. The van der Waals surface area contributed by atoms with Gasteiger partial charge < -0.3 is 19.1 Å². The fraction of sp³-hybridized carbons (Fsp3) is 0.314. The Balaban J connectivity index is 1.17. The lowest BCUT2D eigenvalue weighted by Crippen LogP contribution is -2.37. The molecule has 0 saturated carbocycles. The number of carbonyl (C=O) groups is 3. The molecular weight excluding hydrogens is 582 g/mol. The molecule has 234 valence electrons. The Bertz CT molecular complexity index is 1910. The van der Waals surface area contributed by atoms with Gasteiger partial charge in [-0.05, 0) is 61.6 Å². The third kappa shape index (κ3) is 5.88. The molecule has 0 unspecified atom stereocenters. The summed E-state index contributed by atoms with van der Waals surface area (Å²) in [6, 6.07) is 16.9. The molecule has 0 N–H and O–H groups in total. The summed E-state index contributed by atoms with van der Waals surface area (Å²) in [6.45, 7) is 2.94. The number of Topliss-reactive ketones (excluding diaryl/α,β-unsaturated/α-hetero) is 1. The van der Waals surface area contributed by atoms with Crippen molar-refractivity contribution < 1.29 is 19.1 Å². The number of aromatic nitrogens is 5. The number of ketones is 1. The number of hydrogen-bond acceptors (Lipinski definition) is 7. The zero-order valence-electron chi connectivity index (χ0n) is 25.5. The minimum absolute atomic E-state index is 0.0529. The van der Waals surface area contributed by atoms with Crippen LogP contribution < -0.4 is 4.74 Å². The Morgan fingerprint density at radius 3 is 2.46 bits per heavy atom. The number of benzene rings is 2. The fourth-order valence-corrected chi connectivity index (χ4v) is 6.47. The van der Waals surface area contributed by atoms with Gasteiger partial charge in [-0.3, -0.25) is 18.8 Å². The van der Waals surface area contributed by atoms with Crippen LogP contribution >= 0.6 is 0 Å². The number of ether oxygens (including phenoxy) is 1. The van der Waals surface area contributed by atoms with Gasteiger partial charge in [0.25, 0.3) is 11.8 Å². The van der Waals surface area contributed by atoms with Gasteiger partial charge in [0.2, 0.25) is 0 Å². The minimum Gasteiger partial charge on any atom is -0.492 e. The van der Waals surface area contributed by atoms with E-state index < -0.39 is 0 Å². The van der Waals surface area contributed by atoms with Crippen molar-refractivity contribution >= 4 is 23.2 Å². The van der Waals surface area contributed by atoms with E-state index in [0.29, 0.717) is 93.1 Å². The van der Waals surface area contributed by atoms with E-state index in [4.69, 9.17) is 4.74 Å². The molecule has 2 amide bonds. The molecule has 0 saturated heterocycles. The maximum Gasteiger partial charge on any atom is 0.257 e. The molecule has 0 spiro atoms. The number of rotatable bonds is 2. The highest BCUT2D eigenvalue weighted by Gasteiger charge is 2.27. The van der Waals surface area contributed by atoms with Crippen LogP contribution in [-0.2, 0) is 13.0 Å². The fourth-order valence-electron chi connectivity index (χ4n) is 6.47. The third-order valence-corrected chi connectivity index (χ3v) is 8.81. The number of aryl methyl sites for hydroxylation is 1. The van der Waals surface area contributed by atoms with Crippen molar-refractivity contribution in [3.05, 3.63) is 102 Å². The van der Waals surface area contributed by atoms with Gasteiger partial charge in [0.1, 0.15) is 24.5 Å². The van der Waals surface area contributed by atoms with Crippen molar-refractivity contribution in [1.82, 2.24) is 33.9 Å². The smallest absolute Gasteiger partial charge is 0.257 e. The van der Waals surface area contributed by atoms with E-state index in [0.717, 1.165) is 23.4 Å². The van der Waals surface area contributed by atoms with Crippen molar-refractivity contribution in [2.75, 3.05) is 32.8 Å². The lowest BCUT2D eigenvalue weighted by molar-refractivity contribution is 0.0705. The first kappa shape index (κ1) is 29.4. The van der Waals surface area contributed by atoms with Crippen molar-refractivity contribution in [3.63, 3.8) is 0 Å². The van der Waals surface area contributed by atoms with Crippen LogP contribution in [0.25, 0.3) is 17.0 Å². The maximum absolute atomic E-state index is 14.0. The lowest BCUT2D eigenvalue weighted by atomic mass is 10.0. The molecule has 1 aliphatic carbocycles. The lowest BCUT2D eigenvalue weighted by Gasteiger charge is -2.26. The summed E-state index contributed by atoms with van der Waals surface area (Å²) in [6.07, 6.45) is 10.3. The second-order valence-electron chi connectivity index (χ2n) is 11.7. The molecule has 11 nitrogen and oxygen atoms in total. The first-order valence-corrected chi connectivity index (χ1v) is 15.8. The van der Waals surface area contributed by atoms with Gasteiger partial charge in [0.15, 0.2) is 11.4 Å². The minimum atomic E-state index is -0.145. The van der Waals surface area contributed by atoms with Gasteiger partial charge in [-0.2, -0.15) is 0 Å². The Labute approximate surface area is 266 Å². The summed E-state index contributed by atoms with van der Waals surface area (Å²) in [4.78, 5) is 48.6. The second kappa shape index (κ2) is 13.0. The number of amides is 2. The van der Waals surface area contributed by atoms with Gasteiger partial charge in [-0.1, -0.05) is 24.3 Å². The number of pyridine rings is 1. The molecule has 0 radical (unpaired) electrons. The van der Waals surface area contributed by atoms with Gasteiger partial charge in [0.05, 0.1) is 12.1 Å². The largest absolute Gasteiger partial charge is 0.492 e. The highest BCUT2D eigenvalue weighted by molar-refractivity contribution is 6.05. The van der Waals surface area contributed by atoms with Crippen LogP contribution in [0, 0.1) is 0 Å². The molecule has 46 heavy (non-hydrogen) atoms. The van der Waals surface area contributed by atoms with Crippen LogP contribution in [0.4, 0.5) is 0 Å². The first-order valence-electron chi connectivity index (χ1n) is 15.8. The summed E-state index contributed by atoms with van der Waals surface area (Å²) in [5.74, 6) is 1.43. The molecule has 0 atom stereocenters. The Morgan fingerprint density at radius 1 is 0.783 bits per heavy atom. The molecule has 0 fully saturated rings. The number of hydrogen-bond donors (Lipinski definition) is 0. The predicted octanol–water partition coefficient (Wildman–Crippen LogP) is 4.57. The van der Waals surface area contributed by atoms with Crippen molar-refractivity contribution in [2.24, 2.45) is 0 Å². The summed E-state index contributed by atoms with van der Waals surface area (Å²) < 4.78 is 9.99. The van der Waals surface area contributed by atoms with Crippen LogP contribution in [0.5, 0.6) is 5.75 Å². The van der Waals surface area contributed by atoms with Crippen LogP contribution in [0.15, 0.2) is 79.5 Å². The van der Waals surface area contributed by atoms with E-state index in [-0.39, 0.29) is 17.6 Å². The summed E-state index contributed by atoms with van der Waals surface area (Å²) >= 11 is 0. The quantitative estimate of drug-likeness (QED) is 0.285. The maximum atomic E-state index is 14.0. The zero-order chi connectivity index (χ0) is 31.5. The molecule has 4 heterocycles. The topological polar surface area (TPSA) is 115 Å². The van der Waals surface area contributed by atoms with E-state index in [2.05, 4.69) is 19.7 Å². The van der Waals surface area contributed by atoms with E-state index in [1.807, 2.05) is 65.8 Å². The molecule has 1 aliphatic heterocycles. The molecule has 3 aromatic heterocycles. The van der Waals surface area contributed by atoms with Crippen molar-refractivity contribution in [3.8, 4) is 17.1 Å². The van der Waals surface area contributed by atoms with E-state index in [1.165, 1.54) is 0 Å². The van der Waals surface area contributed by atoms with Gasteiger partial charge >= 0.3 is 0 Å². The van der Waals surface area contributed by atoms with Gasteiger partial charge in [0, 0.05) is 67.9 Å². The van der Waals surface area contributed by atoms with Crippen LogP contribution in [0.3, 0.4) is 0 Å². The van der Waals surface area contributed by atoms with Crippen LogP contribution in [0.1, 0.15) is 62.3 Å². The molecule has 7 rings (SSSR count). The highest BCUT2D eigenvalue weighted by Crippen LogP contribution is 2.27. The summed E-state index contributed by atoms with van der Waals surface area (Å²) in [5, 5.41) is 8.14. The monoisotopic (exact) mass is 617 g/mol. The predicted molar refractivity (Wildman–Crippen MR) is 171 cm³/mol. The van der Waals surface area contributed by atoms with Crippen LogP contribution in [0.2, 0.25) is 0 Å². The first-order chi connectivity index (χ1) is 22.6. The number of imidazole rings is 1. The van der Waals surface area contributed by atoms with E-state index in [1.54, 1.807) is 27.9 Å². The molecule has 2 aliphatic rings. The Kier molecular flexibility index (Phi) is 8.28. The molecular formula is C35H35N7O4. The number of nitrogens with zero attached hydrogens (tertiary/aromatic N) is 7. The third-order valence-electron chi connectivity index (χ3n) is 8.81. The van der Waals surface area contributed by atoms with Gasteiger partial charge in [-0.15, -0.1) is 10.2 Å². The average Bonchev–Trinajstić information content (AvgIpc) is 3.84. The standard InChI is InChI=1S/C35H35N7O4/c43-31-13-12-27-28(31)9-4-10-29(27)34(44)40-15-1-2-16-41(35(45)30-11-5-17-42-24-37-38-33(30)42)21-22-46-26-8-3-7-25(23-26)32-36-14-20-39(32)18-6-19-40/h3-5,7-11,14,17,20,23-24H,1-2,6,12-13,15-16,18-19,21-22H2. The Morgan fingerprint density at radius 2 is 1.57 bits per heavy atom. The molecule has 2 bridgehead atoms. The van der Waals surface area contributed by atoms with Crippen molar-refractivity contribution in [2.45, 2.75) is 38.6 Å². The van der Waals surface area contributed by atoms with E-state index >= 15 is 0 Å². The Hall–Kier alpha value is -5.32. The summed E-state index contributed by atoms with van der Waals surface area (Å²) in [7, 11) is 0. The van der Waals surface area contributed by atoms with Gasteiger partial charge in [-0.25, -0.2) is 4.98 Å². The second-order valence-corrected chi connectivity index (χ2v) is 11.7. The summed E-state index contributed by atoms with van der Waals surface area (Å²) in [5.41, 5.74) is 4.05. The van der Waals surface area contributed by atoms with E-state index in [9.17, 15) is 14.4 Å². The average molecular weight is 618 g/mol. The number of fused-ring (bicyclic) bond motifs is 6. The SMILES string of the molecule is O=C1CCc2c1cccc2C(=O)N1CCCCN(C(=O)c2cccn3cnnc23)CCOc2cccc(c2)-c2nccn2CCC1. The molecule has 2 aromatic carbocycles. The van der Waals surface area contributed by atoms with Crippen molar-refractivity contribution in [1.29, 1.82) is 0 Å².